The summed E-state index contributed by atoms with van der Waals surface area (Å²) >= 11 is 0. The van der Waals surface area contributed by atoms with E-state index in [0.29, 0.717) is 18.0 Å². The minimum atomic E-state index is -2.85. The van der Waals surface area contributed by atoms with Gasteiger partial charge in [0.2, 0.25) is 0 Å². The Morgan fingerprint density at radius 2 is 1.63 bits per heavy atom. The fourth-order valence-electron chi connectivity index (χ4n) is 2.19. The number of hydrogen-bond donors (Lipinski definition) is 2. The molecule has 1 aromatic carbocycles. The van der Waals surface area contributed by atoms with Crippen LogP contribution in [0, 0.1) is 6.92 Å². The molecule has 1 fully saturated rings. The monoisotopic (exact) mass is 282 g/mol. The first-order valence-corrected chi connectivity index (χ1v) is 7.92. The Labute approximate surface area is 116 Å². The van der Waals surface area contributed by atoms with Crippen molar-refractivity contribution in [1.29, 1.82) is 0 Å². The lowest BCUT2D eigenvalue weighted by Crippen LogP contribution is -2.46. The van der Waals surface area contributed by atoms with E-state index in [4.69, 9.17) is 0 Å². The second-order valence-corrected chi connectivity index (χ2v) is 7.01. The number of hydrogen-bond acceptors (Lipinski definition) is 4. The third-order valence-electron chi connectivity index (χ3n) is 3.48. The van der Waals surface area contributed by atoms with Gasteiger partial charge in [0, 0.05) is 31.9 Å². The van der Waals surface area contributed by atoms with Gasteiger partial charge in [0.15, 0.2) is 0 Å². The Bertz CT molecular complexity index is 451. The van der Waals surface area contributed by atoms with Crippen LogP contribution in [-0.4, -0.2) is 44.5 Å². The molecule has 0 radical (unpaired) electrons. The van der Waals surface area contributed by atoms with Crippen molar-refractivity contribution in [3.05, 3.63) is 42.1 Å². The molecule has 1 aliphatic rings. The molecule has 0 aromatic heterocycles. The number of allylic oxidation sites excluding steroid dienone is 1. The maximum atomic E-state index is 10.5. The maximum absolute atomic E-state index is 10.5. The van der Waals surface area contributed by atoms with E-state index in [9.17, 15) is 9.11 Å². The van der Waals surface area contributed by atoms with Crippen LogP contribution in [0.15, 0.2) is 41.4 Å². The zero-order valence-electron chi connectivity index (χ0n) is 11.5. The first kappa shape index (κ1) is 14.4. The van der Waals surface area contributed by atoms with Crippen molar-refractivity contribution >= 4 is 10.8 Å². The standard InChI is InChI=1S/C14H22N2O2S/c1-12(2)15-8-10-16(11-9-15)19(17,18)14-6-4-13(3)5-7-14/h4-7,17-18H,1,8-11H2,2-3H3. The number of aryl methyl sites for hydroxylation is 1. The minimum Gasteiger partial charge on any atom is -0.373 e. The van der Waals surface area contributed by atoms with Gasteiger partial charge in [-0.3, -0.25) is 9.11 Å². The lowest BCUT2D eigenvalue weighted by molar-refractivity contribution is 0.215. The van der Waals surface area contributed by atoms with Gasteiger partial charge in [-0.15, -0.1) is 10.8 Å². The molecule has 1 saturated heterocycles. The second-order valence-electron chi connectivity index (χ2n) is 4.98. The van der Waals surface area contributed by atoms with Crippen molar-refractivity contribution in [2.24, 2.45) is 0 Å². The summed E-state index contributed by atoms with van der Waals surface area (Å²) in [4.78, 5) is 2.77. The van der Waals surface area contributed by atoms with E-state index in [1.165, 1.54) is 0 Å². The summed E-state index contributed by atoms with van der Waals surface area (Å²) in [6.45, 7) is 10.8. The molecular formula is C14H22N2O2S. The molecule has 2 N–H and O–H groups in total. The molecule has 0 spiro atoms. The molecule has 0 atom stereocenters. The number of benzene rings is 1. The van der Waals surface area contributed by atoms with Crippen molar-refractivity contribution < 1.29 is 9.11 Å². The van der Waals surface area contributed by atoms with Crippen molar-refractivity contribution in [3.8, 4) is 0 Å². The molecule has 106 valence electrons. The van der Waals surface area contributed by atoms with E-state index in [1.54, 1.807) is 16.4 Å². The quantitative estimate of drug-likeness (QED) is 0.894. The van der Waals surface area contributed by atoms with Crippen LogP contribution in [0.1, 0.15) is 12.5 Å². The van der Waals surface area contributed by atoms with Gasteiger partial charge in [0.1, 0.15) is 0 Å². The van der Waals surface area contributed by atoms with Gasteiger partial charge in [0.25, 0.3) is 0 Å². The average molecular weight is 282 g/mol. The van der Waals surface area contributed by atoms with Crippen LogP contribution in [0.25, 0.3) is 0 Å². The molecule has 0 saturated carbocycles. The molecule has 4 nitrogen and oxygen atoms in total. The highest BCUT2D eigenvalue weighted by Crippen LogP contribution is 2.51. The second kappa shape index (κ2) is 5.54. The van der Waals surface area contributed by atoms with Crippen LogP contribution in [-0.2, 0) is 0 Å². The number of piperazine rings is 1. The molecular weight excluding hydrogens is 260 g/mol. The summed E-state index contributed by atoms with van der Waals surface area (Å²) in [5, 5.41) is 0. The molecule has 5 heteroatoms. The lowest BCUT2D eigenvalue weighted by atomic mass is 10.2. The van der Waals surface area contributed by atoms with Crippen LogP contribution in [0.2, 0.25) is 0 Å². The summed E-state index contributed by atoms with van der Waals surface area (Å²) < 4.78 is 22.7. The van der Waals surface area contributed by atoms with E-state index >= 15 is 0 Å². The minimum absolute atomic E-state index is 0.599. The predicted octanol–water partition coefficient (Wildman–Crippen LogP) is 3.17. The fraction of sp³-hybridized carbons (Fsp3) is 0.429. The highest BCUT2D eigenvalue weighted by Gasteiger charge is 2.28. The zero-order chi connectivity index (χ0) is 14.0. The van der Waals surface area contributed by atoms with E-state index in [-0.39, 0.29) is 0 Å². The van der Waals surface area contributed by atoms with Gasteiger partial charge in [-0.05, 0) is 26.0 Å². The lowest BCUT2D eigenvalue weighted by Gasteiger charge is -2.47. The van der Waals surface area contributed by atoms with Crippen LogP contribution >= 0.6 is 10.8 Å². The SMILES string of the molecule is C=C(C)N1CCN(S(O)(O)c2ccc(C)cc2)CC1. The van der Waals surface area contributed by atoms with Gasteiger partial charge in [0.05, 0.1) is 4.90 Å². The zero-order valence-corrected chi connectivity index (χ0v) is 12.4. The predicted molar refractivity (Wildman–Crippen MR) is 80.3 cm³/mol. The van der Waals surface area contributed by atoms with Gasteiger partial charge in [-0.1, -0.05) is 24.3 Å². The Hall–Kier alpha value is -1.01. The Balaban J connectivity index is 2.09. The van der Waals surface area contributed by atoms with Crippen molar-refractivity contribution in [2.75, 3.05) is 26.2 Å². The molecule has 1 heterocycles. The molecule has 2 rings (SSSR count). The fourth-order valence-corrected chi connectivity index (χ4v) is 3.67. The molecule has 0 unspecified atom stereocenters. The maximum Gasteiger partial charge on any atom is 0.0752 e. The molecule has 0 bridgehead atoms. The molecule has 1 aliphatic heterocycles. The molecule has 0 amide bonds. The van der Waals surface area contributed by atoms with Crippen LogP contribution < -0.4 is 0 Å². The third kappa shape index (κ3) is 3.12. The largest absolute Gasteiger partial charge is 0.373 e. The first-order chi connectivity index (χ1) is 8.91. The van der Waals surface area contributed by atoms with Gasteiger partial charge < -0.3 is 4.90 Å². The topological polar surface area (TPSA) is 46.9 Å². The highest BCUT2D eigenvalue weighted by atomic mass is 32.3. The summed E-state index contributed by atoms with van der Waals surface area (Å²) in [7, 11) is -2.85. The van der Waals surface area contributed by atoms with E-state index in [0.717, 1.165) is 24.4 Å². The van der Waals surface area contributed by atoms with Gasteiger partial charge >= 0.3 is 0 Å². The number of rotatable bonds is 3. The summed E-state index contributed by atoms with van der Waals surface area (Å²) in [6.07, 6.45) is 0. The Morgan fingerprint density at radius 1 is 1.11 bits per heavy atom. The summed E-state index contributed by atoms with van der Waals surface area (Å²) in [5.41, 5.74) is 2.15. The van der Waals surface area contributed by atoms with E-state index in [1.807, 2.05) is 26.0 Å². The van der Waals surface area contributed by atoms with Crippen LogP contribution in [0.5, 0.6) is 0 Å². The Kier molecular flexibility index (Phi) is 4.20. The van der Waals surface area contributed by atoms with Crippen LogP contribution in [0.4, 0.5) is 0 Å². The summed E-state index contributed by atoms with van der Waals surface area (Å²) in [6, 6.07) is 7.42. The normalized spacial score (nSPS) is 18.4. The number of nitrogens with zero attached hydrogens (tertiary/aromatic N) is 2. The third-order valence-corrected chi connectivity index (χ3v) is 5.47. The average Bonchev–Trinajstić information content (AvgIpc) is 2.39. The van der Waals surface area contributed by atoms with Crippen LogP contribution in [0.3, 0.4) is 0 Å². The molecule has 0 aliphatic carbocycles. The highest BCUT2D eigenvalue weighted by molar-refractivity contribution is 8.22. The van der Waals surface area contributed by atoms with Crippen molar-refractivity contribution in [2.45, 2.75) is 18.7 Å². The smallest absolute Gasteiger partial charge is 0.0752 e. The van der Waals surface area contributed by atoms with Crippen molar-refractivity contribution in [3.63, 3.8) is 0 Å². The van der Waals surface area contributed by atoms with Gasteiger partial charge in [-0.2, -0.15) is 4.31 Å². The van der Waals surface area contributed by atoms with E-state index in [2.05, 4.69) is 11.5 Å². The molecule has 1 aromatic rings. The van der Waals surface area contributed by atoms with Gasteiger partial charge in [-0.25, -0.2) is 0 Å². The van der Waals surface area contributed by atoms with E-state index < -0.39 is 10.8 Å². The Morgan fingerprint density at radius 3 is 2.11 bits per heavy atom. The first-order valence-electron chi connectivity index (χ1n) is 6.42. The van der Waals surface area contributed by atoms with Crippen molar-refractivity contribution in [1.82, 2.24) is 9.21 Å². The summed E-state index contributed by atoms with van der Waals surface area (Å²) in [5.74, 6) is 0. The molecule has 19 heavy (non-hydrogen) atoms.